The average molecular weight is 433 g/mol. The smallest absolute Gasteiger partial charge is 0.289 e. The molecular weight excluding hydrogens is 400 g/mol. The summed E-state index contributed by atoms with van der Waals surface area (Å²) in [7, 11) is 0. The van der Waals surface area contributed by atoms with Crippen molar-refractivity contribution in [3.63, 3.8) is 0 Å². The van der Waals surface area contributed by atoms with Crippen LogP contribution in [0.15, 0.2) is 47.1 Å². The molecule has 4 rings (SSSR count). The molecule has 1 aliphatic heterocycles. The van der Waals surface area contributed by atoms with Crippen molar-refractivity contribution in [1.82, 2.24) is 14.9 Å². The number of hydrogen-bond donors (Lipinski definition) is 0. The van der Waals surface area contributed by atoms with Crippen LogP contribution in [-0.2, 0) is 6.42 Å². The van der Waals surface area contributed by atoms with E-state index < -0.39 is 0 Å². The predicted molar refractivity (Wildman–Crippen MR) is 126 cm³/mol. The van der Waals surface area contributed by atoms with Crippen LogP contribution < -0.4 is 4.90 Å². The Morgan fingerprint density at radius 2 is 1.78 bits per heavy atom. The molecule has 6 heteroatoms. The molecule has 0 radical (unpaired) electrons. The molecule has 1 amide bonds. The van der Waals surface area contributed by atoms with Gasteiger partial charge in [0.1, 0.15) is 11.6 Å². The SMILES string of the molecule is CCC(C)c1nc(C)c(Cc2ccc(C)cc2)c(N2CCN(C(=O)c3ccco3)CC2)n1. The summed E-state index contributed by atoms with van der Waals surface area (Å²) in [5.41, 5.74) is 4.73. The highest BCUT2D eigenvalue weighted by atomic mass is 16.3. The number of carbonyl (C=O) groups is 1. The highest BCUT2D eigenvalue weighted by Gasteiger charge is 2.27. The van der Waals surface area contributed by atoms with Crippen LogP contribution in [0.4, 0.5) is 5.82 Å². The molecule has 1 saturated heterocycles. The first kappa shape index (κ1) is 22.1. The zero-order valence-corrected chi connectivity index (χ0v) is 19.5. The molecule has 168 valence electrons. The molecule has 1 atom stereocenters. The Kier molecular flexibility index (Phi) is 6.58. The lowest BCUT2D eigenvalue weighted by molar-refractivity contribution is 0.0714. The van der Waals surface area contributed by atoms with Gasteiger partial charge in [-0.05, 0) is 38.0 Å². The lowest BCUT2D eigenvalue weighted by atomic mass is 10.0. The van der Waals surface area contributed by atoms with Gasteiger partial charge in [-0.25, -0.2) is 9.97 Å². The Morgan fingerprint density at radius 1 is 1.06 bits per heavy atom. The Balaban J connectivity index is 1.60. The van der Waals surface area contributed by atoms with Crippen LogP contribution in [0.2, 0.25) is 0 Å². The van der Waals surface area contributed by atoms with Crippen LogP contribution in [-0.4, -0.2) is 47.0 Å². The summed E-state index contributed by atoms with van der Waals surface area (Å²) < 4.78 is 5.30. The van der Waals surface area contributed by atoms with Gasteiger partial charge in [-0.1, -0.05) is 43.7 Å². The Hall–Kier alpha value is -3.15. The van der Waals surface area contributed by atoms with Gasteiger partial charge in [0.2, 0.25) is 0 Å². The second-order valence-corrected chi connectivity index (χ2v) is 8.70. The van der Waals surface area contributed by atoms with Crippen molar-refractivity contribution in [3.05, 3.63) is 76.6 Å². The van der Waals surface area contributed by atoms with Crippen LogP contribution in [0.25, 0.3) is 0 Å². The maximum Gasteiger partial charge on any atom is 0.289 e. The van der Waals surface area contributed by atoms with Crippen molar-refractivity contribution >= 4 is 11.7 Å². The Morgan fingerprint density at radius 3 is 2.41 bits per heavy atom. The number of anilines is 1. The lowest BCUT2D eigenvalue weighted by Crippen LogP contribution is -2.49. The molecule has 3 heterocycles. The van der Waals surface area contributed by atoms with Crippen molar-refractivity contribution in [2.75, 3.05) is 31.1 Å². The highest BCUT2D eigenvalue weighted by Crippen LogP contribution is 2.28. The molecule has 3 aromatic rings. The minimum absolute atomic E-state index is 0.0475. The van der Waals surface area contributed by atoms with Crippen LogP contribution >= 0.6 is 0 Å². The fourth-order valence-corrected chi connectivity index (χ4v) is 4.06. The Labute approximate surface area is 190 Å². The van der Waals surface area contributed by atoms with E-state index in [1.54, 1.807) is 18.4 Å². The van der Waals surface area contributed by atoms with Crippen LogP contribution in [0.3, 0.4) is 0 Å². The number of aryl methyl sites for hydroxylation is 2. The summed E-state index contributed by atoms with van der Waals surface area (Å²) in [6.07, 6.45) is 3.34. The molecule has 1 fully saturated rings. The van der Waals surface area contributed by atoms with Crippen molar-refractivity contribution in [2.45, 2.75) is 46.5 Å². The van der Waals surface area contributed by atoms with Gasteiger partial charge in [0.15, 0.2) is 5.76 Å². The fraction of sp³-hybridized carbons (Fsp3) is 0.423. The van der Waals surface area contributed by atoms with E-state index in [0.29, 0.717) is 24.8 Å². The van der Waals surface area contributed by atoms with Gasteiger partial charge in [0.05, 0.1) is 6.26 Å². The largest absolute Gasteiger partial charge is 0.459 e. The zero-order valence-electron chi connectivity index (χ0n) is 19.5. The molecule has 0 N–H and O–H groups in total. The molecule has 32 heavy (non-hydrogen) atoms. The van der Waals surface area contributed by atoms with E-state index in [1.807, 2.05) is 4.90 Å². The molecule has 0 bridgehead atoms. The number of amides is 1. The van der Waals surface area contributed by atoms with Gasteiger partial charge in [0, 0.05) is 49.8 Å². The van der Waals surface area contributed by atoms with E-state index in [0.717, 1.165) is 43.3 Å². The molecule has 6 nitrogen and oxygen atoms in total. The number of rotatable bonds is 6. The van der Waals surface area contributed by atoms with Gasteiger partial charge in [-0.2, -0.15) is 0 Å². The number of benzene rings is 1. The zero-order chi connectivity index (χ0) is 22.7. The summed E-state index contributed by atoms with van der Waals surface area (Å²) >= 11 is 0. The first-order valence-electron chi connectivity index (χ1n) is 11.5. The van der Waals surface area contributed by atoms with Gasteiger partial charge in [-0.15, -0.1) is 0 Å². The molecule has 0 saturated carbocycles. The second kappa shape index (κ2) is 9.55. The first-order chi connectivity index (χ1) is 15.5. The van der Waals surface area contributed by atoms with Crippen LogP contribution in [0.1, 0.15) is 64.9 Å². The average Bonchev–Trinajstić information content (AvgIpc) is 3.35. The minimum atomic E-state index is -0.0475. The molecule has 0 aliphatic carbocycles. The summed E-state index contributed by atoms with van der Waals surface area (Å²) in [6.45, 7) is 11.3. The molecule has 2 aromatic heterocycles. The highest BCUT2D eigenvalue weighted by molar-refractivity contribution is 5.91. The third kappa shape index (κ3) is 4.69. The van der Waals surface area contributed by atoms with E-state index in [9.17, 15) is 4.79 Å². The molecule has 1 aliphatic rings. The summed E-state index contributed by atoms with van der Waals surface area (Å²) in [5.74, 6) is 2.58. The first-order valence-corrected chi connectivity index (χ1v) is 11.5. The van der Waals surface area contributed by atoms with Crippen molar-refractivity contribution in [2.24, 2.45) is 0 Å². The molecule has 0 spiro atoms. The molecular formula is C26H32N4O2. The minimum Gasteiger partial charge on any atom is -0.459 e. The standard InChI is InChI=1S/C26H32N4O2/c1-5-19(3)24-27-20(4)22(17-21-10-8-18(2)9-11-21)25(28-24)29-12-14-30(15-13-29)26(31)23-7-6-16-32-23/h6-11,16,19H,5,12-15,17H2,1-4H3. The van der Waals surface area contributed by atoms with Crippen LogP contribution in [0, 0.1) is 13.8 Å². The number of hydrogen-bond acceptors (Lipinski definition) is 5. The maximum atomic E-state index is 12.7. The number of furan rings is 1. The topological polar surface area (TPSA) is 62.5 Å². The van der Waals surface area contributed by atoms with Gasteiger partial charge < -0.3 is 14.2 Å². The predicted octanol–water partition coefficient (Wildman–Crippen LogP) is 4.75. The molecule has 1 aromatic carbocycles. The summed E-state index contributed by atoms with van der Waals surface area (Å²) in [4.78, 5) is 26.8. The fourth-order valence-electron chi connectivity index (χ4n) is 4.06. The van der Waals surface area contributed by atoms with Crippen LogP contribution in [0.5, 0.6) is 0 Å². The maximum absolute atomic E-state index is 12.7. The quantitative estimate of drug-likeness (QED) is 0.562. The molecule has 1 unspecified atom stereocenters. The monoisotopic (exact) mass is 432 g/mol. The van der Waals surface area contributed by atoms with Crippen molar-refractivity contribution in [3.8, 4) is 0 Å². The number of piperazine rings is 1. The van der Waals surface area contributed by atoms with E-state index in [1.165, 1.54) is 16.7 Å². The van der Waals surface area contributed by atoms with Crippen molar-refractivity contribution in [1.29, 1.82) is 0 Å². The van der Waals surface area contributed by atoms with E-state index in [2.05, 4.69) is 56.9 Å². The van der Waals surface area contributed by atoms with E-state index >= 15 is 0 Å². The summed E-state index contributed by atoms with van der Waals surface area (Å²) in [6, 6.07) is 12.1. The number of aromatic nitrogens is 2. The third-order valence-corrected chi connectivity index (χ3v) is 6.36. The second-order valence-electron chi connectivity index (χ2n) is 8.70. The van der Waals surface area contributed by atoms with E-state index in [4.69, 9.17) is 14.4 Å². The van der Waals surface area contributed by atoms with Gasteiger partial charge in [0.25, 0.3) is 5.91 Å². The Bertz CT molecular complexity index is 1050. The van der Waals surface area contributed by atoms with E-state index in [-0.39, 0.29) is 5.91 Å². The normalized spacial score (nSPS) is 15.1. The number of carbonyl (C=O) groups excluding carboxylic acids is 1. The summed E-state index contributed by atoms with van der Waals surface area (Å²) in [5, 5.41) is 0. The van der Waals surface area contributed by atoms with Gasteiger partial charge >= 0.3 is 0 Å². The third-order valence-electron chi connectivity index (χ3n) is 6.36. The van der Waals surface area contributed by atoms with Crippen molar-refractivity contribution < 1.29 is 9.21 Å². The van der Waals surface area contributed by atoms with Gasteiger partial charge in [-0.3, -0.25) is 4.79 Å². The lowest BCUT2D eigenvalue weighted by Gasteiger charge is -2.36. The number of nitrogens with zero attached hydrogens (tertiary/aromatic N) is 4.